The van der Waals surface area contributed by atoms with Gasteiger partial charge in [-0.05, 0) is 52.2 Å². The summed E-state index contributed by atoms with van der Waals surface area (Å²) in [6.45, 7) is 8.29. The molecule has 1 amide bonds. The molecule has 2 heterocycles. The lowest BCUT2D eigenvalue weighted by Crippen LogP contribution is -2.43. The van der Waals surface area contributed by atoms with Gasteiger partial charge in [0.25, 0.3) is 0 Å². The summed E-state index contributed by atoms with van der Waals surface area (Å²) in [5, 5.41) is 0.753. The second-order valence-electron chi connectivity index (χ2n) is 8.44. The Kier molecular flexibility index (Phi) is 5.96. The number of hydrogen-bond acceptors (Lipinski definition) is 6. The Bertz CT molecular complexity index is 963. The van der Waals surface area contributed by atoms with Crippen molar-refractivity contribution in [2.75, 3.05) is 13.1 Å². The van der Waals surface area contributed by atoms with Crippen LogP contribution in [0.1, 0.15) is 44.7 Å². The van der Waals surface area contributed by atoms with E-state index in [1.807, 2.05) is 39.8 Å². The maximum atomic E-state index is 12.5. The van der Waals surface area contributed by atoms with Crippen molar-refractivity contribution in [2.45, 2.75) is 52.7 Å². The van der Waals surface area contributed by atoms with Gasteiger partial charge in [-0.25, -0.2) is 9.59 Å². The summed E-state index contributed by atoms with van der Waals surface area (Å²) in [5.74, 6) is -0.593. The van der Waals surface area contributed by atoms with Crippen LogP contribution in [0.3, 0.4) is 0 Å². The predicted molar refractivity (Wildman–Crippen MR) is 108 cm³/mol. The van der Waals surface area contributed by atoms with Crippen LogP contribution in [0.15, 0.2) is 33.5 Å². The Morgan fingerprint density at radius 2 is 1.86 bits per heavy atom. The zero-order valence-corrected chi connectivity index (χ0v) is 17.3. The van der Waals surface area contributed by atoms with Gasteiger partial charge in [0.2, 0.25) is 0 Å². The number of rotatable bonds is 3. The molecule has 0 atom stereocenters. The minimum atomic E-state index is -0.545. The highest BCUT2D eigenvalue weighted by Crippen LogP contribution is 2.23. The van der Waals surface area contributed by atoms with Crippen molar-refractivity contribution in [2.24, 2.45) is 5.92 Å². The van der Waals surface area contributed by atoms with Gasteiger partial charge in [-0.15, -0.1) is 0 Å². The Labute approximate surface area is 169 Å². The summed E-state index contributed by atoms with van der Waals surface area (Å²) in [7, 11) is 0. The Hall–Kier alpha value is -2.83. The molecule has 0 saturated carbocycles. The number of ether oxygens (including phenoxy) is 2. The van der Waals surface area contributed by atoms with Crippen molar-refractivity contribution in [3.63, 3.8) is 0 Å². The van der Waals surface area contributed by atoms with E-state index in [9.17, 15) is 14.4 Å². The topological polar surface area (TPSA) is 86.0 Å². The number of esters is 1. The predicted octanol–water partition coefficient (Wildman–Crippen LogP) is 3.79. The first kappa shape index (κ1) is 20.9. The fourth-order valence-corrected chi connectivity index (χ4v) is 3.35. The van der Waals surface area contributed by atoms with Crippen LogP contribution in [0.25, 0.3) is 11.0 Å². The van der Waals surface area contributed by atoms with Crippen LogP contribution in [-0.4, -0.2) is 35.7 Å². The Balaban J connectivity index is 1.58. The van der Waals surface area contributed by atoms with Crippen molar-refractivity contribution >= 4 is 23.0 Å². The number of nitrogens with zero attached hydrogens (tertiary/aromatic N) is 1. The molecule has 29 heavy (non-hydrogen) atoms. The third kappa shape index (κ3) is 5.37. The van der Waals surface area contributed by atoms with E-state index in [0.29, 0.717) is 37.1 Å². The number of fused-ring (bicyclic) bond motifs is 1. The molecule has 7 heteroatoms. The lowest BCUT2D eigenvalue weighted by Gasteiger charge is -2.32. The summed E-state index contributed by atoms with van der Waals surface area (Å²) in [6, 6.07) is 6.92. The molecule has 0 spiro atoms. The van der Waals surface area contributed by atoms with E-state index >= 15 is 0 Å². The summed E-state index contributed by atoms with van der Waals surface area (Å²) in [6.07, 6.45) is 0.686. The first-order chi connectivity index (χ1) is 13.6. The first-order valence-corrected chi connectivity index (χ1v) is 9.80. The van der Waals surface area contributed by atoms with Gasteiger partial charge < -0.3 is 18.8 Å². The molecular weight excluding hydrogens is 374 g/mol. The van der Waals surface area contributed by atoms with E-state index in [0.717, 1.165) is 10.9 Å². The number of hydrogen-bond donors (Lipinski definition) is 0. The maximum absolute atomic E-state index is 12.5. The van der Waals surface area contributed by atoms with Crippen molar-refractivity contribution < 1.29 is 23.5 Å². The van der Waals surface area contributed by atoms with Gasteiger partial charge >= 0.3 is 17.7 Å². The molecule has 1 saturated heterocycles. The Morgan fingerprint density at radius 1 is 1.17 bits per heavy atom. The minimum Gasteiger partial charge on any atom is -0.461 e. The fourth-order valence-electron chi connectivity index (χ4n) is 3.35. The number of carbonyl (C=O) groups is 2. The molecule has 0 aliphatic carbocycles. The first-order valence-electron chi connectivity index (χ1n) is 9.80. The highest BCUT2D eigenvalue weighted by atomic mass is 16.6. The third-order valence-electron chi connectivity index (χ3n) is 4.84. The number of benzene rings is 1. The van der Waals surface area contributed by atoms with Crippen molar-refractivity contribution in [3.05, 3.63) is 45.8 Å². The summed E-state index contributed by atoms with van der Waals surface area (Å²) in [5.41, 5.74) is 1.06. The quantitative estimate of drug-likeness (QED) is 0.574. The molecule has 0 unspecified atom stereocenters. The van der Waals surface area contributed by atoms with E-state index in [4.69, 9.17) is 13.9 Å². The summed E-state index contributed by atoms with van der Waals surface area (Å²) in [4.78, 5) is 38.0. The molecule has 1 aliphatic heterocycles. The number of amides is 1. The van der Waals surface area contributed by atoms with E-state index in [-0.39, 0.29) is 24.6 Å². The second kappa shape index (κ2) is 8.27. The van der Waals surface area contributed by atoms with Gasteiger partial charge in [0.1, 0.15) is 17.8 Å². The molecule has 0 bridgehead atoms. The van der Waals surface area contributed by atoms with Crippen molar-refractivity contribution in [1.82, 2.24) is 4.90 Å². The normalized spacial score (nSPS) is 15.4. The molecule has 1 aliphatic rings. The third-order valence-corrected chi connectivity index (χ3v) is 4.84. The maximum Gasteiger partial charge on any atom is 0.410 e. The molecule has 7 nitrogen and oxygen atoms in total. The standard InChI is InChI=1S/C22H27NO6/c1-14-5-6-17-16(12-19(24)28-18(17)11-14)13-27-20(25)15-7-9-23(10-8-15)21(26)29-22(2,3)4/h5-6,11-12,15H,7-10,13H2,1-4H3. The molecular formula is C22H27NO6. The van der Waals surface area contributed by atoms with E-state index in [1.165, 1.54) is 6.07 Å². The zero-order valence-electron chi connectivity index (χ0n) is 17.3. The molecule has 1 aromatic carbocycles. The van der Waals surface area contributed by atoms with Crippen LogP contribution in [0.2, 0.25) is 0 Å². The molecule has 0 radical (unpaired) electrons. The lowest BCUT2D eigenvalue weighted by molar-refractivity contribution is -0.151. The second-order valence-corrected chi connectivity index (χ2v) is 8.44. The van der Waals surface area contributed by atoms with Crippen LogP contribution >= 0.6 is 0 Å². The molecule has 2 aromatic rings. The fraction of sp³-hybridized carbons (Fsp3) is 0.500. The average molecular weight is 401 g/mol. The van der Waals surface area contributed by atoms with Gasteiger partial charge in [-0.2, -0.15) is 0 Å². The largest absolute Gasteiger partial charge is 0.461 e. The van der Waals surface area contributed by atoms with Gasteiger partial charge in [0, 0.05) is 30.1 Å². The van der Waals surface area contributed by atoms with Crippen molar-refractivity contribution in [3.8, 4) is 0 Å². The highest BCUT2D eigenvalue weighted by Gasteiger charge is 2.30. The molecule has 0 N–H and O–H groups in total. The zero-order chi connectivity index (χ0) is 21.2. The molecule has 1 aromatic heterocycles. The van der Waals surface area contributed by atoms with E-state index < -0.39 is 11.2 Å². The number of carbonyl (C=O) groups excluding carboxylic acids is 2. The molecule has 3 rings (SSSR count). The average Bonchev–Trinajstić information content (AvgIpc) is 2.64. The summed E-state index contributed by atoms with van der Waals surface area (Å²) >= 11 is 0. The number of likely N-dealkylation sites (tertiary alicyclic amines) is 1. The van der Waals surface area contributed by atoms with Crippen LogP contribution in [0.4, 0.5) is 4.79 Å². The van der Waals surface area contributed by atoms with Gasteiger partial charge in [0.05, 0.1) is 5.92 Å². The van der Waals surface area contributed by atoms with Crippen molar-refractivity contribution in [1.29, 1.82) is 0 Å². The highest BCUT2D eigenvalue weighted by molar-refractivity contribution is 5.81. The SMILES string of the molecule is Cc1ccc2c(COC(=O)C3CCN(C(=O)OC(C)(C)C)CC3)cc(=O)oc2c1. The lowest BCUT2D eigenvalue weighted by atomic mass is 9.97. The minimum absolute atomic E-state index is 0.0102. The van der Waals surface area contributed by atoms with Crippen LogP contribution in [0, 0.1) is 12.8 Å². The van der Waals surface area contributed by atoms with E-state index in [1.54, 1.807) is 11.0 Å². The van der Waals surface area contributed by atoms with Gasteiger partial charge in [0.15, 0.2) is 0 Å². The molecule has 1 fully saturated rings. The van der Waals surface area contributed by atoms with Gasteiger partial charge in [-0.3, -0.25) is 4.79 Å². The van der Waals surface area contributed by atoms with Crippen LogP contribution < -0.4 is 5.63 Å². The van der Waals surface area contributed by atoms with Gasteiger partial charge in [-0.1, -0.05) is 12.1 Å². The monoisotopic (exact) mass is 401 g/mol. The van der Waals surface area contributed by atoms with Crippen LogP contribution in [0.5, 0.6) is 0 Å². The summed E-state index contributed by atoms with van der Waals surface area (Å²) < 4.78 is 16.1. The number of piperidine rings is 1. The van der Waals surface area contributed by atoms with Crippen LogP contribution in [-0.2, 0) is 20.9 Å². The number of aryl methyl sites for hydroxylation is 1. The Morgan fingerprint density at radius 3 is 2.52 bits per heavy atom. The smallest absolute Gasteiger partial charge is 0.410 e. The molecule has 156 valence electrons. The van der Waals surface area contributed by atoms with E-state index in [2.05, 4.69) is 0 Å².